The van der Waals surface area contributed by atoms with Gasteiger partial charge >= 0.3 is 6.09 Å². The summed E-state index contributed by atoms with van der Waals surface area (Å²) in [5.74, 6) is -0.637. The van der Waals surface area contributed by atoms with Gasteiger partial charge in [-0.25, -0.2) is 14.1 Å². The van der Waals surface area contributed by atoms with Crippen LogP contribution in [0.5, 0.6) is 5.75 Å². The van der Waals surface area contributed by atoms with Crippen molar-refractivity contribution in [3.05, 3.63) is 30.1 Å². The van der Waals surface area contributed by atoms with E-state index in [2.05, 4.69) is 4.74 Å². The molecule has 0 aliphatic carbocycles. The molecule has 3 amide bonds. The average Bonchev–Trinajstić information content (AvgIpc) is 2.77. The molecule has 0 spiro atoms. The molecule has 22 heavy (non-hydrogen) atoms. The van der Waals surface area contributed by atoms with Gasteiger partial charge in [-0.05, 0) is 24.3 Å². The molecular formula is C14H13FN2O5. The number of nitrogens with zero attached hydrogens (tertiary/aromatic N) is 2. The van der Waals surface area contributed by atoms with Gasteiger partial charge in [-0.3, -0.25) is 9.59 Å². The lowest BCUT2D eigenvalue weighted by Crippen LogP contribution is -2.62. The van der Waals surface area contributed by atoms with Gasteiger partial charge in [-0.1, -0.05) is 0 Å². The maximum Gasteiger partial charge on any atom is 0.417 e. The molecule has 3 rings (SSSR count). The number of likely N-dealkylation sites (tertiary alicyclic amines) is 1. The molecule has 0 radical (unpaired) electrons. The minimum absolute atomic E-state index is 0.184. The van der Waals surface area contributed by atoms with Crippen LogP contribution >= 0.6 is 0 Å². The number of halogens is 1. The van der Waals surface area contributed by atoms with E-state index in [1.54, 1.807) is 0 Å². The lowest BCUT2D eigenvalue weighted by atomic mass is 10.1. The predicted octanol–water partition coefficient (Wildman–Crippen LogP) is 0.394. The van der Waals surface area contributed by atoms with Crippen LogP contribution in [0.2, 0.25) is 0 Å². The summed E-state index contributed by atoms with van der Waals surface area (Å²) in [6.07, 6.45) is -0.662. The maximum atomic E-state index is 12.7. The van der Waals surface area contributed by atoms with E-state index < -0.39 is 6.09 Å². The summed E-state index contributed by atoms with van der Waals surface area (Å²) in [6, 6.07) is 5.01. The van der Waals surface area contributed by atoms with Crippen molar-refractivity contribution in [1.29, 1.82) is 0 Å². The Morgan fingerprint density at radius 2 is 1.95 bits per heavy atom. The Morgan fingerprint density at radius 1 is 1.27 bits per heavy atom. The van der Waals surface area contributed by atoms with Gasteiger partial charge in [0.05, 0.1) is 6.04 Å². The third-order valence-electron chi connectivity index (χ3n) is 3.54. The summed E-state index contributed by atoms with van der Waals surface area (Å²) in [4.78, 5) is 37.2. The Kier molecular flexibility index (Phi) is 3.66. The van der Waals surface area contributed by atoms with Gasteiger partial charge in [0.15, 0.2) is 13.2 Å². The number of rotatable bonds is 4. The zero-order valence-electron chi connectivity index (χ0n) is 11.5. The second kappa shape index (κ2) is 5.63. The Balaban J connectivity index is 1.46. The van der Waals surface area contributed by atoms with Crippen molar-refractivity contribution in [1.82, 2.24) is 9.80 Å². The Bertz CT molecular complexity index is 596. The second-order valence-electron chi connectivity index (χ2n) is 5.01. The summed E-state index contributed by atoms with van der Waals surface area (Å²) in [6.45, 7) is 0.118. The molecule has 0 bridgehead atoms. The molecule has 2 fully saturated rings. The summed E-state index contributed by atoms with van der Waals surface area (Å²) < 4.78 is 22.6. The van der Waals surface area contributed by atoms with Crippen LogP contribution in [0.4, 0.5) is 9.18 Å². The third-order valence-corrected chi connectivity index (χ3v) is 3.54. The third kappa shape index (κ3) is 2.72. The molecule has 0 saturated carbocycles. The first-order chi connectivity index (χ1) is 10.5. The number of cyclic esters (lactones) is 1. The molecule has 2 saturated heterocycles. The summed E-state index contributed by atoms with van der Waals surface area (Å²) >= 11 is 0. The minimum Gasteiger partial charge on any atom is -0.484 e. The van der Waals surface area contributed by atoms with Gasteiger partial charge in [0.25, 0.3) is 11.8 Å². The van der Waals surface area contributed by atoms with Crippen molar-refractivity contribution in [3.63, 3.8) is 0 Å². The number of hydrogen-bond donors (Lipinski definition) is 0. The van der Waals surface area contributed by atoms with Gasteiger partial charge < -0.3 is 14.4 Å². The largest absolute Gasteiger partial charge is 0.484 e. The van der Waals surface area contributed by atoms with Crippen LogP contribution in [0, 0.1) is 5.82 Å². The number of ether oxygens (including phenoxy) is 2. The molecule has 2 aliphatic rings. The second-order valence-corrected chi connectivity index (χ2v) is 5.01. The summed E-state index contributed by atoms with van der Waals surface area (Å²) in [7, 11) is 0. The molecule has 0 unspecified atom stereocenters. The van der Waals surface area contributed by atoms with Crippen LogP contribution < -0.4 is 4.74 Å². The molecule has 1 aromatic carbocycles. The molecule has 8 heteroatoms. The molecule has 0 aromatic heterocycles. The molecule has 7 nitrogen and oxygen atoms in total. The van der Waals surface area contributed by atoms with E-state index in [-0.39, 0.29) is 50.0 Å². The lowest BCUT2D eigenvalue weighted by Gasteiger charge is -2.41. The maximum absolute atomic E-state index is 12.7. The van der Waals surface area contributed by atoms with Crippen molar-refractivity contribution in [2.45, 2.75) is 6.04 Å². The van der Waals surface area contributed by atoms with Crippen LogP contribution in [-0.4, -0.2) is 60.1 Å². The van der Waals surface area contributed by atoms with E-state index in [0.29, 0.717) is 5.75 Å². The molecule has 0 atom stereocenters. The highest BCUT2D eigenvalue weighted by molar-refractivity contribution is 5.98. The fraction of sp³-hybridized carbons (Fsp3) is 0.357. The average molecular weight is 308 g/mol. The highest BCUT2D eigenvalue weighted by Gasteiger charge is 2.44. The molecule has 116 valence electrons. The first kappa shape index (κ1) is 14.3. The highest BCUT2D eigenvalue weighted by atomic mass is 19.1. The monoisotopic (exact) mass is 308 g/mol. The highest BCUT2D eigenvalue weighted by Crippen LogP contribution is 2.20. The van der Waals surface area contributed by atoms with Crippen molar-refractivity contribution in [2.24, 2.45) is 0 Å². The van der Waals surface area contributed by atoms with Crippen molar-refractivity contribution in [2.75, 3.05) is 26.3 Å². The first-order valence-electron chi connectivity index (χ1n) is 6.69. The SMILES string of the molecule is O=C(COc1ccc(F)cc1)N1CC(N2C(=O)COC2=O)C1. The van der Waals surface area contributed by atoms with E-state index in [0.717, 1.165) is 4.90 Å². The molecule has 0 N–H and O–H groups in total. The van der Waals surface area contributed by atoms with Crippen LogP contribution in [0.25, 0.3) is 0 Å². The smallest absolute Gasteiger partial charge is 0.417 e. The Hall–Kier alpha value is -2.64. The van der Waals surface area contributed by atoms with Gasteiger partial charge in [0.1, 0.15) is 11.6 Å². The topological polar surface area (TPSA) is 76.2 Å². The fourth-order valence-corrected chi connectivity index (χ4v) is 2.31. The van der Waals surface area contributed by atoms with Crippen LogP contribution in [0.15, 0.2) is 24.3 Å². The summed E-state index contributed by atoms with van der Waals surface area (Å²) in [5, 5.41) is 0. The number of benzene rings is 1. The van der Waals surface area contributed by atoms with E-state index in [1.807, 2.05) is 0 Å². The van der Waals surface area contributed by atoms with Gasteiger partial charge in [-0.15, -0.1) is 0 Å². The molecule has 1 aromatic rings. The number of hydrogen-bond acceptors (Lipinski definition) is 5. The quantitative estimate of drug-likeness (QED) is 0.804. The van der Waals surface area contributed by atoms with Crippen LogP contribution in [0.3, 0.4) is 0 Å². The van der Waals surface area contributed by atoms with Crippen LogP contribution in [0.1, 0.15) is 0 Å². The molecule has 2 aliphatic heterocycles. The van der Waals surface area contributed by atoms with Crippen LogP contribution in [-0.2, 0) is 14.3 Å². The molecule has 2 heterocycles. The standard InChI is InChI=1S/C14H13FN2O5/c15-9-1-3-11(4-2-9)21-7-12(18)16-5-10(6-16)17-13(19)8-22-14(17)20/h1-4,10H,5-8H2. The van der Waals surface area contributed by atoms with E-state index in [9.17, 15) is 18.8 Å². The predicted molar refractivity (Wildman–Crippen MR) is 70.5 cm³/mol. The number of imide groups is 1. The minimum atomic E-state index is -0.662. The van der Waals surface area contributed by atoms with E-state index in [1.165, 1.54) is 29.2 Å². The zero-order valence-corrected chi connectivity index (χ0v) is 11.5. The van der Waals surface area contributed by atoms with E-state index in [4.69, 9.17) is 4.74 Å². The van der Waals surface area contributed by atoms with Gasteiger partial charge in [-0.2, -0.15) is 0 Å². The van der Waals surface area contributed by atoms with Gasteiger partial charge in [0, 0.05) is 13.1 Å². The number of carbonyl (C=O) groups is 3. The summed E-state index contributed by atoms with van der Waals surface area (Å²) in [5.41, 5.74) is 0. The normalized spacial score (nSPS) is 18.2. The number of amides is 3. The molecular weight excluding hydrogens is 295 g/mol. The van der Waals surface area contributed by atoms with E-state index >= 15 is 0 Å². The van der Waals surface area contributed by atoms with Gasteiger partial charge in [0.2, 0.25) is 0 Å². The Morgan fingerprint density at radius 3 is 2.55 bits per heavy atom. The first-order valence-corrected chi connectivity index (χ1v) is 6.69. The Labute approximate surface area is 125 Å². The zero-order chi connectivity index (χ0) is 15.7. The lowest BCUT2D eigenvalue weighted by molar-refractivity contribution is -0.143. The fourth-order valence-electron chi connectivity index (χ4n) is 2.31. The van der Waals surface area contributed by atoms with Crippen molar-refractivity contribution < 1.29 is 28.2 Å². The number of carbonyl (C=O) groups excluding carboxylic acids is 3. The van der Waals surface area contributed by atoms with Crippen molar-refractivity contribution in [3.8, 4) is 5.75 Å². The van der Waals surface area contributed by atoms with Crippen molar-refractivity contribution >= 4 is 17.9 Å².